The minimum atomic E-state index is -0.568. The van der Waals surface area contributed by atoms with E-state index in [4.69, 9.17) is 18.9 Å². The lowest BCUT2D eigenvalue weighted by Gasteiger charge is -2.22. The van der Waals surface area contributed by atoms with Crippen molar-refractivity contribution in [3.63, 3.8) is 0 Å². The Bertz CT molecular complexity index is 4190. The van der Waals surface area contributed by atoms with E-state index in [9.17, 15) is 59.7 Å². The Morgan fingerprint density at radius 1 is 0.362 bits per heavy atom. The molecule has 0 aromatic heterocycles. The first-order chi connectivity index (χ1) is 43.8. The number of phenols is 7. The lowest BCUT2D eigenvalue weighted by Crippen LogP contribution is -2.30. The van der Waals surface area contributed by atoms with Gasteiger partial charge >= 0.3 is 23.9 Å². The van der Waals surface area contributed by atoms with Crippen LogP contribution in [-0.4, -0.2) is 65.5 Å². The molecule has 0 bridgehead atoms. The number of aryl methyl sites for hydroxylation is 2. The Morgan fingerprint density at radius 3 is 1.27 bits per heavy atom. The van der Waals surface area contributed by atoms with E-state index in [1.807, 2.05) is 121 Å². The largest absolute Gasteiger partial charge is 0.508 e. The van der Waals surface area contributed by atoms with Crippen LogP contribution in [0.1, 0.15) is 141 Å². The van der Waals surface area contributed by atoms with Gasteiger partial charge in [0.2, 0.25) is 5.91 Å². The van der Waals surface area contributed by atoms with Crippen molar-refractivity contribution >= 4 is 78.6 Å². The molecule has 0 radical (unpaired) electrons. The molecule has 0 saturated carbocycles. The van der Waals surface area contributed by atoms with Crippen LogP contribution in [-0.2, 0) is 24.0 Å². The second-order valence-corrected chi connectivity index (χ2v) is 26.6. The molecule has 9 aromatic carbocycles. The minimum Gasteiger partial charge on any atom is -0.508 e. The summed E-state index contributed by atoms with van der Waals surface area (Å²) in [5.74, 6) is 0.974. The fourth-order valence-electron chi connectivity index (χ4n) is 8.29. The first-order valence-corrected chi connectivity index (χ1v) is 31.1. The van der Waals surface area contributed by atoms with Gasteiger partial charge in [0, 0.05) is 43.4 Å². The van der Waals surface area contributed by atoms with E-state index < -0.39 is 21.7 Å². The highest BCUT2D eigenvalue weighted by molar-refractivity contribution is 5.98. The predicted molar refractivity (Wildman–Crippen MR) is 370 cm³/mol. The maximum Gasteiger partial charge on any atom is 0.316 e. The van der Waals surface area contributed by atoms with Gasteiger partial charge in [-0.3, -0.25) is 24.0 Å². The van der Waals surface area contributed by atoms with Crippen molar-refractivity contribution in [1.29, 1.82) is 0 Å². The summed E-state index contributed by atoms with van der Waals surface area (Å²) in [6.07, 6.45) is 2.85. The molecule has 17 heteroatoms. The average Bonchev–Trinajstić information content (AvgIpc) is 0.822. The summed E-state index contributed by atoms with van der Waals surface area (Å²) < 4.78 is 21.7. The van der Waals surface area contributed by atoms with E-state index in [1.54, 1.807) is 106 Å². The molecule has 0 atom stereocenters. The van der Waals surface area contributed by atoms with E-state index in [2.05, 4.69) is 5.32 Å². The van der Waals surface area contributed by atoms with Crippen LogP contribution in [0.4, 0.5) is 5.69 Å². The summed E-state index contributed by atoms with van der Waals surface area (Å²) in [7, 11) is 0. The Balaban J connectivity index is 0.000000213. The van der Waals surface area contributed by atoms with Gasteiger partial charge in [0.1, 0.15) is 51.7 Å². The van der Waals surface area contributed by atoms with Gasteiger partial charge < -0.3 is 60.0 Å². The minimum absolute atomic E-state index is 0.00416. The Morgan fingerprint density at radius 2 is 0.766 bits per heavy atom. The molecule has 0 saturated heterocycles. The lowest BCUT2D eigenvalue weighted by atomic mass is 9.89. The summed E-state index contributed by atoms with van der Waals surface area (Å²) in [6.45, 7) is 31.7. The quantitative estimate of drug-likeness (QED) is 0.0231. The van der Waals surface area contributed by atoms with Gasteiger partial charge in [-0.2, -0.15) is 0 Å². The van der Waals surface area contributed by atoms with Gasteiger partial charge in [0.15, 0.2) is 11.5 Å². The number of rotatable bonds is 13. The number of anilines is 1. The molecule has 0 aliphatic heterocycles. The molecule has 0 aliphatic rings. The molecule has 500 valence electrons. The number of carbonyl (C=O) groups excluding carboxylic acids is 5. The standard InChI is InChI=1S/2C16H18O4.C16H18O3.C15H16O3.C14H21NO2/c1-4-16(2,3)15(19)20-12-6-5-10-8-13(17)14(18)9-11(10)7-12;1-4-16(2,3)15(19)20-14-8-7-13(18)12-9-10(17)5-6-11(12)14;1-4-16(2,3)15(18)19-14-10-6-7-11-12(14)8-5-9-13(11)17;1-15(2,3)14(17)18-13-9-8-12(16)10-6-4-5-7-11(10)13;1-6-14(4,5)13(17)15-11-7-9(2)12(16)10(3)8-11/h2*5-9,17-18H,4H2,1-3H3;5-10,17H,4H2,1-3H3;4-9,16H,1-3H3;7-8,16H,6H2,1-5H3,(H,15,17). The van der Waals surface area contributed by atoms with Crippen molar-refractivity contribution in [2.45, 2.75) is 143 Å². The number of aromatic hydroxyl groups is 7. The van der Waals surface area contributed by atoms with Crippen LogP contribution in [0.2, 0.25) is 0 Å². The molecular formula is C77H91NO16. The zero-order chi connectivity index (χ0) is 70.4. The molecule has 0 unspecified atom stereocenters. The van der Waals surface area contributed by atoms with E-state index in [0.717, 1.165) is 39.4 Å². The first kappa shape index (κ1) is 74.7. The number of amides is 1. The van der Waals surface area contributed by atoms with E-state index in [1.165, 1.54) is 36.4 Å². The topological polar surface area (TPSA) is 276 Å². The van der Waals surface area contributed by atoms with Crippen molar-refractivity contribution in [3.05, 3.63) is 157 Å². The van der Waals surface area contributed by atoms with Crippen LogP contribution >= 0.6 is 0 Å². The van der Waals surface area contributed by atoms with Crippen LogP contribution in [0.15, 0.2) is 146 Å². The molecular weight excluding hydrogens is 1190 g/mol. The third-order valence-corrected chi connectivity index (χ3v) is 16.6. The highest BCUT2D eigenvalue weighted by Crippen LogP contribution is 2.39. The van der Waals surface area contributed by atoms with Crippen LogP contribution < -0.4 is 24.3 Å². The van der Waals surface area contributed by atoms with E-state index >= 15 is 0 Å². The molecule has 1 amide bonds. The third-order valence-electron chi connectivity index (χ3n) is 16.6. The Hall–Kier alpha value is -10.0. The van der Waals surface area contributed by atoms with Crippen molar-refractivity contribution in [3.8, 4) is 63.2 Å². The number of hydrogen-bond acceptors (Lipinski definition) is 16. The molecule has 94 heavy (non-hydrogen) atoms. The number of ether oxygens (including phenoxy) is 4. The smallest absolute Gasteiger partial charge is 0.316 e. The molecule has 0 heterocycles. The summed E-state index contributed by atoms with van der Waals surface area (Å²) >= 11 is 0. The lowest BCUT2D eigenvalue weighted by molar-refractivity contribution is -0.144. The number of phenolic OH excluding ortho intramolecular Hbond substituents is 7. The molecule has 0 aliphatic carbocycles. The number of hydrogen-bond donors (Lipinski definition) is 8. The van der Waals surface area contributed by atoms with Crippen molar-refractivity contribution < 1.29 is 78.7 Å². The van der Waals surface area contributed by atoms with Crippen molar-refractivity contribution in [2.75, 3.05) is 5.32 Å². The second-order valence-electron chi connectivity index (χ2n) is 26.6. The highest BCUT2D eigenvalue weighted by Gasteiger charge is 2.31. The monoisotopic (exact) mass is 1290 g/mol. The fraction of sp³-hybridized carbons (Fsp3) is 0.338. The first-order valence-electron chi connectivity index (χ1n) is 31.1. The molecule has 17 nitrogen and oxygen atoms in total. The van der Waals surface area contributed by atoms with Gasteiger partial charge in [0.25, 0.3) is 0 Å². The summed E-state index contributed by atoms with van der Waals surface area (Å²) in [5, 5.41) is 75.6. The van der Waals surface area contributed by atoms with Gasteiger partial charge in [-0.05, 0) is 215 Å². The molecule has 0 spiro atoms. The maximum absolute atomic E-state index is 12.1. The zero-order valence-corrected chi connectivity index (χ0v) is 57.0. The van der Waals surface area contributed by atoms with Crippen LogP contribution in [0.25, 0.3) is 43.1 Å². The highest BCUT2D eigenvalue weighted by atomic mass is 16.5. The molecule has 8 N–H and O–H groups in total. The molecule has 0 fully saturated rings. The number of fused-ring (bicyclic) bond motifs is 4. The third kappa shape index (κ3) is 19.3. The molecule has 9 rings (SSSR count). The predicted octanol–water partition coefficient (Wildman–Crippen LogP) is 18.0. The van der Waals surface area contributed by atoms with Gasteiger partial charge in [-0.25, -0.2) is 0 Å². The fourth-order valence-corrected chi connectivity index (χ4v) is 8.29. The number of benzene rings is 9. The SMILES string of the molecule is CC(C)(C)C(=O)Oc1ccc(O)c2ccccc12.CCC(C)(C)C(=O)Nc1cc(C)c(O)c(C)c1.CCC(C)(C)C(=O)Oc1ccc(O)c2cc(O)ccc12.CCC(C)(C)C(=O)Oc1ccc2cc(O)c(O)cc2c1.CCC(C)(C)C(=O)Oc1cccc2c(O)cccc12. The van der Waals surface area contributed by atoms with Crippen molar-refractivity contribution in [2.24, 2.45) is 27.1 Å². The number of nitrogens with one attached hydrogen (secondary N) is 1. The summed E-state index contributed by atoms with van der Waals surface area (Å²) in [4.78, 5) is 60.1. The molecule has 9 aromatic rings. The van der Waals surface area contributed by atoms with Gasteiger partial charge in [-0.1, -0.05) is 96.1 Å². The van der Waals surface area contributed by atoms with Crippen LogP contribution in [0.3, 0.4) is 0 Å². The van der Waals surface area contributed by atoms with Crippen LogP contribution in [0.5, 0.6) is 63.2 Å². The van der Waals surface area contributed by atoms with Gasteiger partial charge in [0.05, 0.1) is 21.7 Å². The summed E-state index contributed by atoms with van der Waals surface area (Å²) in [5.41, 5.74) is -0.265. The Kier molecular flexibility index (Phi) is 24.7. The normalized spacial score (nSPS) is 11.5. The van der Waals surface area contributed by atoms with Crippen molar-refractivity contribution in [1.82, 2.24) is 0 Å². The number of carbonyl (C=O) groups is 5. The van der Waals surface area contributed by atoms with E-state index in [0.29, 0.717) is 69.2 Å². The average molecular weight is 1290 g/mol. The maximum atomic E-state index is 12.1. The summed E-state index contributed by atoms with van der Waals surface area (Å²) in [6, 6.07) is 40.0. The van der Waals surface area contributed by atoms with Crippen LogP contribution in [0, 0.1) is 40.9 Å². The second kappa shape index (κ2) is 31.1. The van der Waals surface area contributed by atoms with E-state index in [-0.39, 0.29) is 75.4 Å². The Labute approximate surface area is 550 Å². The van der Waals surface area contributed by atoms with Gasteiger partial charge in [-0.15, -0.1) is 0 Å². The zero-order valence-electron chi connectivity index (χ0n) is 57.0. The number of esters is 4.